The highest BCUT2D eigenvalue weighted by molar-refractivity contribution is 6.34. The fourth-order valence-corrected chi connectivity index (χ4v) is 8.32. The van der Waals surface area contributed by atoms with Crippen LogP contribution in [0.15, 0.2) is 73.8 Å². The van der Waals surface area contributed by atoms with Crippen LogP contribution in [-0.4, -0.2) is 90.9 Å². The normalized spacial score (nSPS) is 24.5. The molecule has 2 N–H and O–H groups in total. The van der Waals surface area contributed by atoms with Gasteiger partial charge in [0.2, 0.25) is 11.8 Å². The van der Waals surface area contributed by atoms with Crippen molar-refractivity contribution >= 4 is 41.0 Å². The van der Waals surface area contributed by atoms with Gasteiger partial charge in [0, 0.05) is 33.2 Å². The Balaban J connectivity index is 1.51. The lowest BCUT2D eigenvalue weighted by Crippen LogP contribution is -2.56. The van der Waals surface area contributed by atoms with E-state index in [9.17, 15) is 24.3 Å². The number of nitrogens with zero attached hydrogens (tertiary/aromatic N) is 2. The molecule has 3 aliphatic heterocycles. The van der Waals surface area contributed by atoms with Crippen molar-refractivity contribution < 1.29 is 38.5 Å². The molecule has 274 valence electrons. The summed E-state index contributed by atoms with van der Waals surface area (Å²) in [5, 5.41) is 12.9. The summed E-state index contributed by atoms with van der Waals surface area (Å²) in [6, 6.07) is 12.6. The monoisotopic (exact) mass is 721 g/mol. The number of fused-ring (bicyclic) bond motifs is 1. The SMILES string of the molecule is C=CCCC(=O)N[C@@H](COC)[C@@H](OC(=O)[C@@H]1[C@@H]2CC[C@]3(O2)[C@H](C(=O)N(CC=C)c2c(C)cccc2Cl)N(CCCCO)C(=O)[C@@H]13)c1ccccc1. The van der Waals surface area contributed by atoms with E-state index in [2.05, 4.69) is 18.5 Å². The number of hydrogen-bond donors (Lipinski definition) is 2. The molecule has 7 atom stereocenters. The quantitative estimate of drug-likeness (QED) is 0.129. The maximum atomic E-state index is 14.9. The van der Waals surface area contributed by atoms with Crippen LogP contribution in [0.5, 0.6) is 0 Å². The molecular weight excluding hydrogens is 674 g/mol. The van der Waals surface area contributed by atoms with Crippen LogP contribution >= 0.6 is 11.6 Å². The fraction of sp³-hybridized carbons (Fsp3) is 0.487. The molecule has 5 rings (SSSR count). The van der Waals surface area contributed by atoms with Gasteiger partial charge in [-0.1, -0.05) is 66.2 Å². The number of esters is 1. The smallest absolute Gasteiger partial charge is 0.313 e. The number of ether oxygens (including phenoxy) is 3. The number of benzene rings is 2. The van der Waals surface area contributed by atoms with E-state index in [0.717, 1.165) is 5.56 Å². The first kappa shape index (κ1) is 38.2. The number of anilines is 1. The second kappa shape index (κ2) is 17.0. The number of methoxy groups -OCH3 is 1. The van der Waals surface area contributed by atoms with Gasteiger partial charge in [0.25, 0.3) is 5.91 Å². The number of carbonyl (C=O) groups excluding carboxylic acids is 4. The molecule has 3 saturated heterocycles. The largest absolute Gasteiger partial charge is 0.455 e. The maximum Gasteiger partial charge on any atom is 0.313 e. The van der Waals surface area contributed by atoms with E-state index >= 15 is 0 Å². The molecule has 0 aromatic heterocycles. The summed E-state index contributed by atoms with van der Waals surface area (Å²) < 4.78 is 18.4. The van der Waals surface area contributed by atoms with Gasteiger partial charge in [-0.05, 0) is 56.2 Å². The number of aryl methyl sites for hydroxylation is 1. The molecule has 51 heavy (non-hydrogen) atoms. The van der Waals surface area contributed by atoms with E-state index in [0.29, 0.717) is 48.4 Å². The molecule has 11 nitrogen and oxygen atoms in total. The lowest BCUT2D eigenvalue weighted by atomic mass is 9.70. The zero-order chi connectivity index (χ0) is 36.7. The van der Waals surface area contributed by atoms with Gasteiger partial charge in [-0.25, -0.2) is 0 Å². The predicted octanol–water partition coefficient (Wildman–Crippen LogP) is 4.70. The molecule has 0 aliphatic carbocycles. The second-order valence-corrected chi connectivity index (χ2v) is 13.8. The van der Waals surface area contributed by atoms with Crippen LogP contribution in [0.25, 0.3) is 0 Å². The van der Waals surface area contributed by atoms with E-state index in [1.807, 2.05) is 31.2 Å². The highest BCUT2D eigenvalue weighted by Crippen LogP contribution is 2.59. The number of unbranched alkanes of at least 4 members (excludes halogenated alkanes) is 1. The van der Waals surface area contributed by atoms with Gasteiger partial charge in [-0.2, -0.15) is 0 Å². The highest BCUT2D eigenvalue weighted by Gasteiger charge is 2.75. The van der Waals surface area contributed by atoms with Gasteiger partial charge in [0.05, 0.1) is 41.3 Å². The molecule has 3 heterocycles. The molecule has 0 unspecified atom stereocenters. The molecule has 1 spiro atoms. The molecule has 3 aliphatic rings. The Kier molecular flexibility index (Phi) is 12.7. The standard InChI is InChI=1S/C39H48ClN3O8/c1-5-7-18-30(45)41-28(24-49-4)34(26-15-9-8-10-16-26)50-38(48)31-29-19-20-39(51-29)32(31)36(46)43(22-11-12-23-44)35(39)37(47)42(21-6-2)33-25(3)14-13-17-27(33)40/h5-6,8-10,13-17,28-29,31-32,34-35,44H,1-2,7,11-12,18-24H2,3-4H3,(H,41,45)/t28-,29-,31+,32+,34-,35-,39+/m0/s1. The molecule has 2 aromatic rings. The minimum absolute atomic E-state index is 0.0549. The van der Waals surface area contributed by atoms with Gasteiger partial charge < -0.3 is 34.4 Å². The number of likely N-dealkylation sites (tertiary alicyclic amines) is 1. The van der Waals surface area contributed by atoms with E-state index in [-0.39, 0.29) is 50.4 Å². The third-order valence-electron chi connectivity index (χ3n) is 10.2. The summed E-state index contributed by atoms with van der Waals surface area (Å²) in [5.74, 6) is -3.63. The van der Waals surface area contributed by atoms with Crippen LogP contribution in [0.2, 0.25) is 5.02 Å². The Morgan fingerprint density at radius 2 is 1.92 bits per heavy atom. The number of nitrogens with one attached hydrogen (secondary N) is 1. The molecule has 2 aromatic carbocycles. The van der Waals surface area contributed by atoms with E-state index < -0.39 is 47.7 Å². The summed E-state index contributed by atoms with van der Waals surface area (Å²) in [7, 11) is 1.50. The lowest BCUT2D eigenvalue weighted by Gasteiger charge is -2.37. The zero-order valence-electron chi connectivity index (χ0n) is 29.3. The number of rotatable bonds is 18. The maximum absolute atomic E-state index is 14.9. The van der Waals surface area contributed by atoms with Gasteiger partial charge in [-0.3, -0.25) is 19.2 Å². The Bertz CT molecular complexity index is 1580. The van der Waals surface area contributed by atoms with Crippen molar-refractivity contribution in [2.45, 2.75) is 75.3 Å². The van der Waals surface area contributed by atoms with Crippen molar-refractivity contribution in [2.24, 2.45) is 11.8 Å². The van der Waals surface area contributed by atoms with E-state index in [1.165, 1.54) is 16.9 Å². The summed E-state index contributed by atoms with van der Waals surface area (Å²) >= 11 is 6.67. The number of amides is 3. The first-order chi connectivity index (χ1) is 24.6. The third kappa shape index (κ3) is 7.62. The molecule has 3 fully saturated rings. The van der Waals surface area contributed by atoms with Gasteiger partial charge in [0.15, 0.2) is 0 Å². The molecule has 12 heteroatoms. The first-order valence-electron chi connectivity index (χ1n) is 17.5. The molecular formula is C39H48ClN3O8. The zero-order valence-corrected chi connectivity index (χ0v) is 30.1. The lowest BCUT2D eigenvalue weighted by molar-refractivity contribution is -0.163. The Labute approximate surface area is 304 Å². The van der Waals surface area contributed by atoms with Gasteiger partial charge >= 0.3 is 5.97 Å². The third-order valence-corrected chi connectivity index (χ3v) is 10.5. The van der Waals surface area contributed by atoms with Crippen LogP contribution in [0.4, 0.5) is 5.69 Å². The van der Waals surface area contributed by atoms with Crippen molar-refractivity contribution in [3.05, 3.63) is 90.0 Å². The minimum atomic E-state index is -1.29. The van der Waals surface area contributed by atoms with Crippen LogP contribution in [0.3, 0.4) is 0 Å². The Morgan fingerprint density at radius 1 is 1.16 bits per heavy atom. The minimum Gasteiger partial charge on any atom is -0.455 e. The first-order valence-corrected chi connectivity index (χ1v) is 17.9. The second-order valence-electron chi connectivity index (χ2n) is 13.4. The number of halogens is 1. The Hall–Kier alpha value is -4.03. The number of allylic oxidation sites excluding steroid dienone is 1. The molecule has 3 amide bonds. The average molecular weight is 722 g/mol. The predicted molar refractivity (Wildman–Crippen MR) is 193 cm³/mol. The van der Waals surface area contributed by atoms with Crippen molar-refractivity contribution in [2.75, 3.05) is 38.3 Å². The summed E-state index contributed by atoms with van der Waals surface area (Å²) in [6.45, 7) is 9.72. The fourth-order valence-electron chi connectivity index (χ4n) is 7.99. The van der Waals surface area contributed by atoms with Gasteiger partial charge in [-0.15, -0.1) is 13.2 Å². The average Bonchev–Trinajstić information content (AvgIpc) is 3.76. The van der Waals surface area contributed by atoms with Crippen LogP contribution in [0, 0.1) is 18.8 Å². The van der Waals surface area contributed by atoms with Crippen LogP contribution < -0.4 is 10.2 Å². The summed E-state index contributed by atoms with van der Waals surface area (Å²) in [6.07, 6.45) is 4.04. The number of aliphatic hydroxyl groups is 1. The number of hydrogen-bond acceptors (Lipinski definition) is 8. The van der Waals surface area contributed by atoms with Crippen LogP contribution in [0.1, 0.15) is 55.8 Å². The topological polar surface area (TPSA) is 135 Å². The number of carbonyl (C=O) groups is 4. The van der Waals surface area contributed by atoms with E-state index in [1.54, 1.807) is 36.4 Å². The molecule has 2 bridgehead atoms. The highest BCUT2D eigenvalue weighted by atomic mass is 35.5. The van der Waals surface area contributed by atoms with Crippen molar-refractivity contribution in [3.63, 3.8) is 0 Å². The van der Waals surface area contributed by atoms with E-state index in [4.69, 9.17) is 25.8 Å². The number of aliphatic hydroxyl groups excluding tert-OH is 1. The van der Waals surface area contributed by atoms with Crippen molar-refractivity contribution in [3.8, 4) is 0 Å². The van der Waals surface area contributed by atoms with Crippen LogP contribution in [-0.2, 0) is 33.4 Å². The summed E-state index contributed by atoms with van der Waals surface area (Å²) in [5.41, 5.74) is 0.640. The van der Waals surface area contributed by atoms with Crippen molar-refractivity contribution in [1.82, 2.24) is 10.2 Å². The molecule has 0 radical (unpaired) electrons. The van der Waals surface area contributed by atoms with Gasteiger partial charge in [0.1, 0.15) is 17.7 Å². The summed E-state index contributed by atoms with van der Waals surface area (Å²) in [4.78, 5) is 59.8. The Morgan fingerprint density at radius 3 is 2.59 bits per heavy atom. The number of para-hydroxylation sites is 1. The molecule has 0 saturated carbocycles. The van der Waals surface area contributed by atoms with Crippen molar-refractivity contribution in [1.29, 1.82) is 0 Å².